The van der Waals surface area contributed by atoms with Gasteiger partial charge < -0.3 is 15.1 Å². The first-order valence-electron chi connectivity index (χ1n) is 9.91. The van der Waals surface area contributed by atoms with E-state index < -0.39 is 12.1 Å². The number of hydrogen-bond acceptors (Lipinski definition) is 5. The molecule has 0 spiro atoms. The molecule has 1 aliphatic carbocycles. The fourth-order valence-corrected chi connectivity index (χ4v) is 4.25. The number of imidazole rings is 2. The summed E-state index contributed by atoms with van der Waals surface area (Å²) in [6, 6.07) is 4.73. The molecule has 2 aliphatic rings. The number of aryl methyl sites for hydroxylation is 1. The van der Waals surface area contributed by atoms with Gasteiger partial charge in [-0.2, -0.15) is 0 Å². The van der Waals surface area contributed by atoms with Gasteiger partial charge in [0.1, 0.15) is 11.9 Å². The number of aliphatic hydroxyl groups is 1. The van der Waals surface area contributed by atoms with Crippen molar-refractivity contribution in [1.82, 2.24) is 25.3 Å². The Kier molecular flexibility index (Phi) is 4.31. The third-order valence-corrected chi connectivity index (χ3v) is 5.79. The summed E-state index contributed by atoms with van der Waals surface area (Å²) in [6.45, 7) is 1.90. The molecule has 1 saturated carbocycles. The van der Waals surface area contributed by atoms with E-state index in [4.69, 9.17) is 4.99 Å². The van der Waals surface area contributed by atoms with Crippen LogP contribution in [0.15, 0.2) is 35.8 Å². The number of hydrogen-bond donors (Lipinski definition) is 4. The number of H-pyrrole nitrogens is 2. The molecule has 0 radical (unpaired) electrons. The van der Waals surface area contributed by atoms with Crippen molar-refractivity contribution in [2.24, 2.45) is 4.99 Å². The van der Waals surface area contributed by atoms with E-state index >= 15 is 0 Å². The zero-order valence-electron chi connectivity index (χ0n) is 16.1. The molecule has 3 unspecified atom stereocenters. The first kappa shape index (κ1) is 17.9. The van der Waals surface area contributed by atoms with Gasteiger partial charge in [-0.1, -0.05) is 12.8 Å². The summed E-state index contributed by atoms with van der Waals surface area (Å²) < 4.78 is 0. The molecule has 5 rings (SSSR count). The third kappa shape index (κ3) is 3.07. The molecule has 2 amide bonds. The molecule has 9 heteroatoms. The van der Waals surface area contributed by atoms with Crippen LogP contribution in [-0.2, 0) is 0 Å². The lowest BCUT2D eigenvalue weighted by molar-refractivity contribution is 0.109. The molecule has 1 saturated heterocycles. The fourth-order valence-electron chi connectivity index (χ4n) is 4.25. The van der Waals surface area contributed by atoms with Crippen LogP contribution in [0.2, 0.25) is 0 Å². The van der Waals surface area contributed by atoms with Gasteiger partial charge in [-0.15, -0.1) is 0 Å². The number of aliphatic imine (C=N–C) groups is 1. The number of nitrogens with zero attached hydrogens (tertiary/aromatic N) is 4. The van der Waals surface area contributed by atoms with E-state index in [9.17, 15) is 9.90 Å². The summed E-state index contributed by atoms with van der Waals surface area (Å²) in [4.78, 5) is 34.3. The van der Waals surface area contributed by atoms with Gasteiger partial charge in [0.05, 0.1) is 47.2 Å². The van der Waals surface area contributed by atoms with Gasteiger partial charge in [0.2, 0.25) is 0 Å². The summed E-state index contributed by atoms with van der Waals surface area (Å²) in [6.07, 6.45) is 6.36. The lowest BCUT2D eigenvalue weighted by Crippen LogP contribution is -2.32. The minimum absolute atomic E-state index is 0.210. The summed E-state index contributed by atoms with van der Waals surface area (Å²) in [7, 11) is 0. The number of amides is 2. The average molecular weight is 393 g/mol. The number of benzene rings is 1. The largest absolute Gasteiger partial charge is 0.391 e. The number of aliphatic hydroxyl groups excluding tert-OH is 1. The van der Waals surface area contributed by atoms with E-state index in [-0.39, 0.29) is 12.1 Å². The van der Waals surface area contributed by atoms with E-state index in [1.54, 1.807) is 17.6 Å². The summed E-state index contributed by atoms with van der Waals surface area (Å²) in [5.74, 6) is 0.537. The number of amidine groups is 1. The highest BCUT2D eigenvalue weighted by atomic mass is 16.3. The van der Waals surface area contributed by atoms with Gasteiger partial charge in [-0.05, 0) is 38.0 Å². The molecule has 9 nitrogen and oxygen atoms in total. The van der Waals surface area contributed by atoms with Gasteiger partial charge in [0.15, 0.2) is 0 Å². The van der Waals surface area contributed by atoms with Crippen molar-refractivity contribution in [3.05, 3.63) is 42.2 Å². The minimum Gasteiger partial charge on any atom is -0.391 e. The van der Waals surface area contributed by atoms with E-state index in [0.717, 1.165) is 53.8 Å². The van der Waals surface area contributed by atoms with Crippen LogP contribution in [0, 0.1) is 6.92 Å². The zero-order chi connectivity index (χ0) is 20.0. The fraction of sp³-hybridized carbons (Fsp3) is 0.400. The lowest BCUT2D eigenvalue weighted by Gasteiger charge is -2.26. The topological polar surface area (TPSA) is 122 Å². The molecule has 29 heavy (non-hydrogen) atoms. The standard InChI is InChI=1S/C20H23N7O2/c1-11-17(24-9-21-11)18-19(25-14-4-2-3-5-16(14)28)26-20(29)27(18)12-6-7-13-15(8-12)23-10-22-13/h6-10,14,16,18,28H,2-5H2,1H3,(H,21,24)(H,22,23)(H,25,26,29). The smallest absolute Gasteiger partial charge is 0.328 e. The number of nitrogens with one attached hydrogen (secondary N) is 3. The number of carbonyl (C=O) groups is 1. The van der Waals surface area contributed by atoms with E-state index in [2.05, 4.69) is 25.3 Å². The Morgan fingerprint density at radius 1 is 1.17 bits per heavy atom. The van der Waals surface area contributed by atoms with E-state index in [1.807, 2.05) is 25.1 Å². The third-order valence-electron chi connectivity index (χ3n) is 5.79. The van der Waals surface area contributed by atoms with Crippen molar-refractivity contribution in [1.29, 1.82) is 0 Å². The Balaban J connectivity index is 1.59. The number of aromatic nitrogens is 4. The van der Waals surface area contributed by atoms with Crippen molar-refractivity contribution in [3.8, 4) is 0 Å². The van der Waals surface area contributed by atoms with Crippen molar-refractivity contribution >= 4 is 28.6 Å². The molecule has 0 bridgehead atoms. The Bertz CT molecular complexity index is 1090. The molecule has 1 aromatic carbocycles. The maximum atomic E-state index is 13.0. The monoisotopic (exact) mass is 393 g/mol. The van der Waals surface area contributed by atoms with Crippen LogP contribution >= 0.6 is 0 Å². The normalized spacial score (nSPS) is 26.4. The van der Waals surface area contributed by atoms with Crippen LogP contribution in [0.25, 0.3) is 11.0 Å². The highest BCUT2D eigenvalue weighted by molar-refractivity contribution is 6.16. The van der Waals surface area contributed by atoms with Crippen LogP contribution in [0.4, 0.5) is 10.5 Å². The Labute approximate surface area is 167 Å². The predicted molar refractivity (Wildman–Crippen MR) is 109 cm³/mol. The molecule has 1 aliphatic heterocycles. The van der Waals surface area contributed by atoms with Crippen molar-refractivity contribution in [3.63, 3.8) is 0 Å². The number of rotatable bonds is 3. The van der Waals surface area contributed by atoms with Crippen LogP contribution in [0.5, 0.6) is 0 Å². The first-order chi connectivity index (χ1) is 14.1. The Hall–Kier alpha value is -3.20. The summed E-state index contributed by atoms with van der Waals surface area (Å²) in [5, 5.41) is 13.3. The van der Waals surface area contributed by atoms with Crippen molar-refractivity contribution in [2.45, 2.75) is 50.8 Å². The molecule has 3 aromatic rings. The Morgan fingerprint density at radius 3 is 2.79 bits per heavy atom. The van der Waals surface area contributed by atoms with E-state index in [0.29, 0.717) is 5.84 Å². The minimum atomic E-state index is -0.480. The van der Waals surface area contributed by atoms with Gasteiger partial charge in [-0.25, -0.2) is 14.8 Å². The average Bonchev–Trinajstić information content (AvgIpc) is 3.41. The second-order valence-corrected chi connectivity index (χ2v) is 7.64. The quantitative estimate of drug-likeness (QED) is 0.546. The molecule has 4 N–H and O–H groups in total. The van der Waals surface area contributed by atoms with Crippen molar-refractivity contribution < 1.29 is 9.90 Å². The van der Waals surface area contributed by atoms with Crippen molar-refractivity contribution in [2.75, 3.05) is 4.90 Å². The Morgan fingerprint density at radius 2 is 2.00 bits per heavy atom. The SMILES string of the molecule is Cc1nc[nH]c1C1C(=NC2CCCCC2O)NC(=O)N1c1ccc2[nH]cnc2c1. The maximum Gasteiger partial charge on any atom is 0.328 e. The predicted octanol–water partition coefficient (Wildman–Crippen LogP) is 2.57. The molecule has 2 aromatic heterocycles. The van der Waals surface area contributed by atoms with Gasteiger partial charge >= 0.3 is 6.03 Å². The number of carbonyl (C=O) groups excluding carboxylic acids is 1. The second-order valence-electron chi connectivity index (χ2n) is 7.64. The van der Waals surface area contributed by atoms with Gasteiger partial charge in [0.25, 0.3) is 0 Å². The number of anilines is 1. The van der Waals surface area contributed by atoms with Crippen LogP contribution in [0.1, 0.15) is 43.1 Å². The van der Waals surface area contributed by atoms with E-state index in [1.165, 1.54) is 0 Å². The highest BCUT2D eigenvalue weighted by Gasteiger charge is 2.41. The van der Waals surface area contributed by atoms with Gasteiger partial charge in [-0.3, -0.25) is 15.2 Å². The second kappa shape index (κ2) is 7.00. The number of fused-ring (bicyclic) bond motifs is 1. The molecule has 3 atom stereocenters. The molecular weight excluding hydrogens is 370 g/mol. The first-order valence-corrected chi connectivity index (χ1v) is 9.91. The molecule has 150 valence electrons. The molecular formula is C20H23N7O2. The number of aromatic amines is 2. The molecule has 2 fully saturated rings. The van der Waals surface area contributed by atoms with Crippen LogP contribution in [-0.4, -0.2) is 49.1 Å². The zero-order valence-corrected chi connectivity index (χ0v) is 16.1. The summed E-state index contributed by atoms with van der Waals surface area (Å²) >= 11 is 0. The highest BCUT2D eigenvalue weighted by Crippen LogP contribution is 2.34. The summed E-state index contributed by atoms with van der Waals surface area (Å²) in [5.41, 5.74) is 4.00. The lowest BCUT2D eigenvalue weighted by atomic mass is 9.93. The molecule has 3 heterocycles. The van der Waals surface area contributed by atoms with Gasteiger partial charge in [0, 0.05) is 5.69 Å². The maximum absolute atomic E-state index is 13.0. The van der Waals surface area contributed by atoms with Crippen LogP contribution in [0.3, 0.4) is 0 Å². The van der Waals surface area contributed by atoms with Crippen LogP contribution < -0.4 is 10.2 Å². The number of urea groups is 1.